The molecule has 1 heterocycles. The fourth-order valence-electron chi connectivity index (χ4n) is 3.14. The molecule has 5 nitrogen and oxygen atoms in total. The van der Waals surface area contributed by atoms with Crippen molar-refractivity contribution in [1.29, 1.82) is 0 Å². The van der Waals surface area contributed by atoms with Crippen LogP contribution in [-0.2, 0) is 14.8 Å². The molecule has 1 fully saturated rings. The van der Waals surface area contributed by atoms with Crippen LogP contribution in [0.4, 0.5) is 0 Å². The monoisotopic (exact) mass is 418 g/mol. The number of hydrogen-bond donors (Lipinski definition) is 0. The van der Waals surface area contributed by atoms with Crippen LogP contribution in [0.1, 0.15) is 18.1 Å². The van der Waals surface area contributed by atoms with Crippen molar-refractivity contribution >= 4 is 27.7 Å². The maximum atomic E-state index is 12.8. The molecule has 7 heteroatoms. The summed E-state index contributed by atoms with van der Waals surface area (Å²) in [7, 11) is -3.51. The van der Waals surface area contributed by atoms with Crippen molar-refractivity contribution in [3.05, 3.63) is 59.7 Å². The van der Waals surface area contributed by atoms with Gasteiger partial charge in [-0.15, -0.1) is 11.8 Å². The Morgan fingerprint density at radius 3 is 1.93 bits per heavy atom. The van der Waals surface area contributed by atoms with Crippen molar-refractivity contribution in [3.63, 3.8) is 0 Å². The average Bonchev–Trinajstić information content (AvgIpc) is 2.69. The van der Waals surface area contributed by atoms with Gasteiger partial charge in [0.15, 0.2) is 0 Å². The SMILES string of the molecule is Cc1ccc(SC(C)C(=O)N2CCN(S(=O)(=O)c3ccc(C)cc3)CC2)cc1. The molecular formula is C21H26N2O3S2. The first-order valence-corrected chi connectivity index (χ1v) is 11.7. The Bertz CT molecular complexity index is 917. The van der Waals surface area contributed by atoms with E-state index in [4.69, 9.17) is 0 Å². The number of carbonyl (C=O) groups excluding carboxylic acids is 1. The van der Waals surface area contributed by atoms with Crippen molar-refractivity contribution in [2.75, 3.05) is 26.2 Å². The highest BCUT2D eigenvalue weighted by molar-refractivity contribution is 8.00. The fourth-order valence-corrected chi connectivity index (χ4v) is 5.51. The van der Waals surface area contributed by atoms with E-state index in [1.54, 1.807) is 29.2 Å². The molecule has 0 bridgehead atoms. The third kappa shape index (κ3) is 4.77. The zero-order valence-electron chi connectivity index (χ0n) is 16.5. The van der Waals surface area contributed by atoms with E-state index in [2.05, 4.69) is 0 Å². The molecule has 0 N–H and O–H groups in total. The maximum Gasteiger partial charge on any atom is 0.243 e. The van der Waals surface area contributed by atoms with E-state index in [0.717, 1.165) is 10.5 Å². The van der Waals surface area contributed by atoms with E-state index in [-0.39, 0.29) is 11.2 Å². The number of piperazine rings is 1. The van der Waals surface area contributed by atoms with E-state index in [9.17, 15) is 13.2 Å². The Morgan fingerprint density at radius 2 is 1.39 bits per heavy atom. The molecule has 1 aliphatic rings. The Kier molecular flexibility index (Phi) is 6.47. The van der Waals surface area contributed by atoms with E-state index >= 15 is 0 Å². The van der Waals surface area contributed by atoms with Gasteiger partial charge in [-0.05, 0) is 45.0 Å². The Hall–Kier alpha value is -1.83. The lowest BCUT2D eigenvalue weighted by atomic mass is 10.2. The second-order valence-electron chi connectivity index (χ2n) is 7.12. The summed E-state index contributed by atoms with van der Waals surface area (Å²) in [6, 6.07) is 15.0. The number of aryl methyl sites for hydroxylation is 2. The summed E-state index contributed by atoms with van der Waals surface area (Å²) in [5.41, 5.74) is 2.21. The number of amides is 1. The van der Waals surface area contributed by atoms with Crippen molar-refractivity contribution in [2.24, 2.45) is 0 Å². The van der Waals surface area contributed by atoms with E-state index in [1.807, 2.05) is 45.0 Å². The molecule has 3 rings (SSSR count). The summed E-state index contributed by atoms with van der Waals surface area (Å²) in [4.78, 5) is 15.9. The minimum absolute atomic E-state index is 0.0537. The van der Waals surface area contributed by atoms with E-state index in [0.29, 0.717) is 31.1 Å². The number of rotatable bonds is 5. The van der Waals surface area contributed by atoms with Crippen LogP contribution in [0, 0.1) is 13.8 Å². The second kappa shape index (κ2) is 8.68. The van der Waals surface area contributed by atoms with Gasteiger partial charge in [0.1, 0.15) is 0 Å². The van der Waals surface area contributed by atoms with Gasteiger partial charge in [0.05, 0.1) is 10.1 Å². The van der Waals surface area contributed by atoms with Crippen molar-refractivity contribution in [3.8, 4) is 0 Å². The van der Waals surface area contributed by atoms with Gasteiger partial charge in [0.25, 0.3) is 0 Å². The van der Waals surface area contributed by atoms with Gasteiger partial charge < -0.3 is 4.90 Å². The highest BCUT2D eigenvalue weighted by atomic mass is 32.2. The molecule has 0 radical (unpaired) electrons. The Morgan fingerprint density at radius 1 is 0.893 bits per heavy atom. The minimum atomic E-state index is -3.51. The third-order valence-electron chi connectivity index (χ3n) is 4.89. The Balaban J connectivity index is 1.58. The van der Waals surface area contributed by atoms with Crippen LogP contribution >= 0.6 is 11.8 Å². The topological polar surface area (TPSA) is 57.7 Å². The predicted molar refractivity (Wildman–Crippen MR) is 113 cm³/mol. The highest BCUT2D eigenvalue weighted by Crippen LogP contribution is 2.26. The molecule has 1 aliphatic heterocycles. The lowest BCUT2D eigenvalue weighted by molar-refractivity contribution is -0.131. The number of carbonyl (C=O) groups is 1. The fraction of sp³-hybridized carbons (Fsp3) is 0.381. The molecule has 0 saturated carbocycles. The van der Waals surface area contributed by atoms with Crippen molar-refractivity contribution < 1.29 is 13.2 Å². The molecule has 0 spiro atoms. The quantitative estimate of drug-likeness (QED) is 0.699. The first kappa shape index (κ1) is 20.9. The molecule has 1 amide bonds. The van der Waals surface area contributed by atoms with Crippen molar-refractivity contribution in [2.45, 2.75) is 35.8 Å². The van der Waals surface area contributed by atoms with Crippen LogP contribution in [0.25, 0.3) is 0 Å². The normalized spacial score (nSPS) is 16.8. The molecule has 2 aromatic carbocycles. The molecule has 1 atom stereocenters. The smallest absolute Gasteiger partial charge is 0.243 e. The summed E-state index contributed by atoms with van der Waals surface area (Å²) in [6.07, 6.45) is 0. The van der Waals surface area contributed by atoms with Crippen LogP contribution < -0.4 is 0 Å². The molecule has 1 unspecified atom stereocenters. The average molecular weight is 419 g/mol. The van der Waals surface area contributed by atoms with Gasteiger partial charge in [-0.2, -0.15) is 4.31 Å². The summed E-state index contributed by atoms with van der Waals surface area (Å²) in [5, 5.41) is -0.206. The molecule has 28 heavy (non-hydrogen) atoms. The largest absolute Gasteiger partial charge is 0.339 e. The van der Waals surface area contributed by atoms with Gasteiger partial charge in [0.2, 0.25) is 15.9 Å². The molecule has 150 valence electrons. The zero-order valence-corrected chi connectivity index (χ0v) is 18.1. The third-order valence-corrected chi connectivity index (χ3v) is 7.90. The van der Waals surface area contributed by atoms with Crippen LogP contribution in [-0.4, -0.2) is 55.0 Å². The second-order valence-corrected chi connectivity index (χ2v) is 10.5. The van der Waals surface area contributed by atoms with E-state index < -0.39 is 10.0 Å². The molecule has 0 aromatic heterocycles. The van der Waals surface area contributed by atoms with Crippen LogP contribution in [0.3, 0.4) is 0 Å². The summed E-state index contributed by atoms with van der Waals surface area (Å²) in [6.45, 7) is 7.35. The van der Waals surface area contributed by atoms with Gasteiger partial charge >= 0.3 is 0 Å². The van der Waals surface area contributed by atoms with Crippen LogP contribution in [0.15, 0.2) is 58.3 Å². The van der Waals surface area contributed by atoms with Gasteiger partial charge in [0, 0.05) is 31.1 Å². The number of nitrogens with zero attached hydrogens (tertiary/aromatic N) is 2. The number of benzene rings is 2. The van der Waals surface area contributed by atoms with Gasteiger partial charge in [-0.1, -0.05) is 35.4 Å². The van der Waals surface area contributed by atoms with Crippen LogP contribution in [0.2, 0.25) is 0 Å². The van der Waals surface area contributed by atoms with Crippen molar-refractivity contribution in [1.82, 2.24) is 9.21 Å². The maximum absolute atomic E-state index is 12.8. The number of thioether (sulfide) groups is 1. The molecular weight excluding hydrogens is 392 g/mol. The predicted octanol–water partition coefficient (Wildman–Crippen LogP) is 3.32. The highest BCUT2D eigenvalue weighted by Gasteiger charge is 2.31. The zero-order chi connectivity index (χ0) is 20.3. The van der Waals surface area contributed by atoms with Gasteiger partial charge in [-0.25, -0.2) is 8.42 Å². The van der Waals surface area contributed by atoms with E-state index in [1.165, 1.54) is 21.6 Å². The first-order chi connectivity index (χ1) is 13.3. The number of sulfonamides is 1. The van der Waals surface area contributed by atoms with Crippen LogP contribution in [0.5, 0.6) is 0 Å². The standard InChI is InChI=1S/C21H26N2O3S2/c1-16-4-8-19(9-5-16)27-18(3)21(24)22-12-14-23(15-13-22)28(25,26)20-10-6-17(2)7-11-20/h4-11,18H,12-15H2,1-3H3. The first-order valence-electron chi connectivity index (χ1n) is 9.36. The van der Waals surface area contributed by atoms with Gasteiger partial charge in [-0.3, -0.25) is 4.79 Å². The summed E-state index contributed by atoms with van der Waals surface area (Å²) >= 11 is 1.54. The minimum Gasteiger partial charge on any atom is -0.339 e. The lowest BCUT2D eigenvalue weighted by Gasteiger charge is -2.35. The Labute approximate surface area is 171 Å². The number of hydrogen-bond acceptors (Lipinski definition) is 4. The summed E-state index contributed by atoms with van der Waals surface area (Å²) < 4.78 is 27.1. The lowest BCUT2D eigenvalue weighted by Crippen LogP contribution is -2.52. The molecule has 0 aliphatic carbocycles. The molecule has 1 saturated heterocycles. The summed E-state index contributed by atoms with van der Waals surface area (Å²) in [5.74, 6) is 0.0537. The molecule has 2 aromatic rings.